The Morgan fingerprint density at radius 2 is 1.72 bits per heavy atom. The number of ether oxygens (including phenoxy) is 1. The number of imidazole rings is 1. The summed E-state index contributed by atoms with van der Waals surface area (Å²) >= 11 is 0. The SMILES string of the molecule is COc1ccc(-c2c3c4n(c(-c5ccccc5)cn4c2C(C)=O)CCCC3)cc1. The average molecular weight is 384 g/mol. The van der Waals surface area contributed by atoms with Crippen LogP contribution in [-0.2, 0) is 13.0 Å². The summed E-state index contributed by atoms with van der Waals surface area (Å²) in [5, 5.41) is 0. The van der Waals surface area contributed by atoms with E-state index in [1.807, 2.05) is 18.2 Å². The fourth-order valence-electron chi connectivity index (χ4n) is 4.64. The topological polar surface area (TPSA) is 35.6 Å². The highest BCUT2D eigenvalue weighted by Crippen LogP contribution is 2.39. The Kier molecular flexibility index (Phi) is 4.27. The summed E-state index contributed by atoms with van der Waals surface area (Å²) in [7, 11) is 1.67. The molecule has 1 aliphatic heterocycles. The van der Waals surface area contributed by atoms with Gasteiger partial charge in [0.15, 0.2) is 5.78 Å². The lowest BCUT2D eigenvalue weighted by atomic mass is 9.97. The van der Waals surface area contributed by atoms with Gasteiger partial charge in [-0.2, -0.15) is 0 Å². The molecule has 0 saturated heterocycles. The van der Waals surface area contributed by atoms with E-state index in [1.165, 1.54) is 16.8 Å². The number of ketones is 1. The molecule has 4 heteroatoms. The van der Waals surface area contributed by atoms with Crippen molar-refractivity contribution in [3.63, 3.8) is 0 Å². The van der Waals surface area contributed by atoms with E-state index in [0.717, 1.165) is 54.0 Å². The quantitative estimate of drug-likeness (QED) is 0.428. The maximum atomic E-state index is 12.8. The number of hydrogen-bond acceptors (Lipinski definition) is 2. The zero-order valence-electron chi connectivity index (χ0n) is 16.8. The first-order chi connectivity index (χ1) is 14.2. The predicted octanol–water partition coefficient (Wildman–Crippen LogP) is 5.62. The molecule has 0 saturated carbocycles. The summed E-state index contributed by atoms with van der Waals surface area (Å²) in [6.07, 6.45) is 5.38. The second kappa shape index (κ2) is 6.96. The maximum Gasteiger partial charge on any atom is 0.177 e. The van der Waals surface area contributed by atoms with Crippen LogP contribution in [0.1, 0.15) is 35.8 Å². The molecule has 0 atom stereocenters. The number of methoxy groups -OCH3 is 1. The summed E-state index contributed by atoms with van der Waals surface area (Å²) in [5.41, 5.74) is 7.72. The average Bonchev–Trinajstić information content (AvgIpc) is 3.17. The number of aryl methyl sites for hydroxylation is 2. The van der Waals surface area contributed by atoms with E-state index in [1.54, 1.807) is 14.0 Å². The minimum atomic E-state index is 0.0920. The Hall–Kier alpha value is -3.27. The minimum Gasteiger partial charge on any atom is -0.497 e. The fraction of sp³-hybridized carbons (Fsp3) is 0.240. The molecule has 2 aromatic carbocycles. The second-order valence-electron chi connectivity index (χ2n) is 7.67. The van der Waals surface area contributed by atoms with Crippen molar-refractivity contribution in [1.29, 1.82) is 0 Å². The lowest BCUT2D eigenvalue weighted by Gasteiger charge is -2.09. The van der Waals surface area contributed by atoms with Crippen molar-refractivity contribution < 1.29 is 9.53 Å². The zero-order chi connectivity index (χ0) is 20.0. The second-order valence-corrected chi connectivity index (χ2v) is 7.67. The lowest BCUT2D eigenvalue weighted by molar-refractivity contribution is 0.101. The molecule has 5 rings (SSSR count). The van der Waals surface area contributed by atoms with Gasteiger partial charge in [-0.05, 0) is 42.5 Å². The maximum absolute atomic E-state index is 12.8. The summed E-state index contributed by atoms with van der Waals surface area (Å²) in [6.45, 7) is 2.64. The number of Topliss-reactive ketones (excluding diaryl/α,β-unsaturated/α-hetero) is 1. The minimum absolute atomic E-state index is 0.0920. The largest absolute Gasteiger partial charge is 0.497 e. The third kappa shape index (κ3) is 2.79. The van der Waals surface area contributed by atoms with E-state index in [4.69, 9.17) is 4.74 Å². The van der Waals surface area contributed by atoms with Gasteiger partial charge in [-0.1, -0.05) is 42.5 Å². The number of rotatable bonds is 4. The van der Waals surface area contributed by atoms with Gasteiger partial charge >= 0.3 is 0 Å². The van der Waals surface area contributed by atoms with Crippen LogP contribution in [0, 0.1) is 0 Å². The highest BCUT2D eigenvalue weighted by atomic mass is 16.5. The van der Waals surface area contributed by atoms with Crippen LogP contribution in [-0.4, -0.2) is 21.9 Å². The Morgan fingerprint density at radius 1 is 0.966 bits per heavy atom. The molecule has 0 aliphatic carbocycles. The van der Waals surface area contributed by atoms with Crippen LogP contribution in [0.3, 0.4) is 0 Å². The third-order valence-corrected chi connectivity index (χ3v) is 5.92. The Labute approximate surface area is 170 Å². The van der Waals surface area contributed by atoms with Gasteiger partial charge in [0.25, 0.3) is 0 Å². The van der Waals surface area contributed by atoms with Crippen molar-refractivity contribution >= 4 is 11.4 Å². The number of benzene rings is 2. The van der Waals surface area contributed by atoms with Crippen LogP contribution in [0.15, 0.2) is 60.8 Å². The molecule has 0 radical (unpaired) electrons. The molecule has 0 amide bonds. The summed E-state index contributed by atoms with van der Waals surface area (Å²) < 4.78 is 9.85. The number of hydrogen-bond donors (Lipinski definition) is 0. The first kappa shape index (κ1) is 17.8. The van der Waals surface area contributed by atoms with Gasteiger partial charge in [0.2, 0.25) is 0 Å². The molecule has 0 N–H and O–H groups in total. The van der Waals surface area contributed by atoms with Gasteiger partial charge in [-0.3, -0.25) is 9.20 Å². The number of carbonyl (C=O) groups excluding carboxylic acids is 1. The zero-order valence-corrected chi connectivity index (χ0v) is 16.8. The van der Waals surface area contributed by atoms with E-state index in [0.29, 0.717) is 0 Å². The molecule has 1 aliphatic rings. The molecule has 0 bridgehead atoms. The first-order valence-electron chi connectivity index (χ1n) is 10.2. The van der Waals surface area contributed by atoms with E-state index >= 15 is 0 Å². The molecule has 29 heavy (non-hydrogen) atoms. The van der Waals surface area contributed by atoms with Crippen molar-refractivity contribution in [2.45, 2.75) is 32.7 Å². The molecule has 4 aromatic rings. The van der Waals surface area contributed by atoms with Crippen LogP contribution in [0.2, 0.25) is 0 Å². The number of carbonyl (C=O) groups is 1. The van der Waals surface area contributed by atoms with Crippen LogP contribution < -0.4 is 4.74 Å². The van der Waals surface area contributed by atoms with Crippen LogP contribution in [0.4, 0.5) is 0 Å². The van der Waals surface area contributed by atoms with Gasteiger partial charge in [0, 0.05) is 30.8 Å². The predicted molar refractivity (Wildman–Crippen MR) is 116 cm³/mol. The third-order valence-electron chi connectivity index (χ3n) is 5.92. The molecule has 146 valence electrons. The van der Waals surface area contributed by atoms with E-state index < -0.39 is 0 Å². The number of aromatic nitrogens is 2. The Balaban J connectivity index is 1.82. The van der Waals surface area contributed by atoms with E-state index in [2.05, 4.69) is 51.6 Å². The van der Waals surface area contributed by atoms with Gasteiger partial charge in [-0.15, -0.1) is 0 Å². The van der Waals surface area contributed by atoms with Crippen molar-refractivity contribution in [2.75, 3.05) is 7.11 Å². The smallest absolute Gasteiger partial charge is 0.177 e. The molecule has 0 fully saturated rings. The Morgan fingerprint density at radius 3 is 2.41 bits per heavy atom. The van der Waals surface area contributed by atoms with E-state index in [-0.39, 0.29) is 5.78 Å². The normalized spacial score (nSPS) is 13.4. The molecule has 2 aromatic heterocycles. The Bertz CT molecular complexity index is 1200. The van der Waals surface area contributed by atoms with Crippen LogP contribution in [0.25, 0.3) is 28.0 Å². The highest BCUT2D eigenvalue weighted by Gasteiger charge is 2.27. The van der Waals surface area contributed by atoms with Gasteiger partial charge in [-0.25, -0.2) is 0 Å². The van der Waals surface area contributed by atoms with Crippen molar-refractivity contribution in [3.8, 4) is 28.1 Å². The van der Waals surface area contributed by atoms with Crippen LogP contribution in [0.5, 0.6) is 5.75 Å². The highest BCUT2D eigenvalue weighted by molar-refractivity contribution is 6.03. The van der Waals surface area contributed by atoms with Crippen molar-refractivity contribution in [1.82, 2.24) is 8.97 Å². The van der Waals surface area contributed by atoms with Crippen molar-refractivity contribution in [2.24, 2.45) is 0 Å². The summed E-state index contributed by atoms with van der Waals surface area (Å²) in [6, 6.07) is 18.5. The molecule has 3 heterocycles. The molecule has 0 spiro atoms. The molecular formula is C25H24N2O2. The van der Waals surface area contributed by atoms with Gasteiger partial charge in [0.1, 0.15) is 11.4 Å². The molecule has 4 nitrogen and oxygen atoms in total. The summed E-state index contributed by atoms with van der Waals surface area (Å²) in [4.78, 5) is 12.8. The molecular weight excluding hydrogens is 360 g/mol. The van der Waals surface area contributed by atoms with Gasteiger partial charge < -0.3 is 9.30 Å². The molecule has 0 unspecified atom stereocenters. The number of nitrogens with zero attached hydrogens (tertiary/aromatic N) is 2. The van der Waals surface area contributed by atoms with E-state index in [9.17, 15) is 4.79 Å². The standard InChI is InChI=1S/C25H24N2O2/c1-17(28)24-23(19-11-13-20(29-2)14-12-19)21-10-6-7-15-26-22(16-27(24)25(21)26)18-8-4-3-5-9-18/h3-5,8-9,11-14,16H,6-7,10,15H2,1-2H3. The fourth-order valence-corrected chi connectivity index (χ4v) is 4.64. The van der Waals surface area contributed by atoms with Gasteiger partial charge in [0.05, 0.1) is 18.5 Å². The monoisotopic (exact) mass is 384 g/mol. The lowest BCUT2D eigenvalue weighted by Crippen LogP contribution is -2.00. The summed E-state index contributed by atoms with van der Waals surface area (Å²) in [5.74, 6) is 0.915. The van der Waals surface area contributed by atoms with Crippen LogP contribution >= 0.6 is 0 Å². The first-order valence-corrected chi connectivity index (χ1v) is 10.2. The van der Waals surface area contributed by atoms with Crippen molar-refractivity contribution in [3.05, 3.63) is 72.1 Å².